The molecular formula is C51H29N3O5. The molecule has 59 heavy (non-hydrogen) atoms. The van der Waals surface area contributed by atoms with Crippen LogP contribution in [0.15, 0.2) is 198 Å². The van der Waals surface area contributed by atoms with E-state index in [0.29, 0.717) is 28.8 Å². The molecule has 0 saturated carbocycles. The van der Waals surface area contributed by atoms with Crippen LogP contribution in [0.5, 0.6) is 0 Å². The van der Waals surface area contributed by atoms with Crippen molar-refractivity contribution in [2.24, 2.45) is 0 Å². The van der Waals surface area contributed by atoms with E-state index < -0.39 is 0 Å². The van der Waals surface area contributed by atoms with Crippen LogP contribution in [0.25, 0.3) is 87.8 Å². The summed E-state index contributed by atoms with van der Waals surface area (Å²) in [4.78, 5) is 9.14. The topological polar surface area (TPSA) is 85.1 Å². The Labute approximate surface area is 334 Å². The third-order valence-electron chi connectivity index (χ3n) is 11.3. The number of aromatic nitrogens is 1. The maximum atomic E-state index is 6.72. The lowest BCUT2D eigenvalue weighted by molar-refractivity contribution is 0.619. The number of benzene rings is 7. The van der Waals surface area contributed by atoms with Gasteiger partial charge in [-0.05, 0) is 60.7 Å². The summed E-state index contributed by atoms with van der Waals surface area (Å²) in [7, 11) is 0. The molecule has 6 heterocycles. The maximum Gasteiger partial charge on any atom is 0.206 e. The van der Waals surface area contributed by atoms with Crippen molar-refractivity contribution in [1.82, 2.24) is 4.98 Å². The quantitative estimate of drug-likeness (QED) is 0.165. The van der Waals surface area contributed by atoms with Crippen LogP contribution in [-0.2, 0) is 0 Å². The van der Waals surface area contributed by atoms with Crippen LogP contribution in [0.4, 0.5) is 34.6 Å². The van der Waals surface area contributed by atoms with E-state index in [1.165, 1.54) is 0 Å². The molecule has 6 aromatic heterocycles. The first-order valence-corrected chi connectivity index (χ1v) is 19.4. The number of anilines is 6. The fraction of sp³-hybridized carbons (Fsp3) is 0. The minimum Gasteiger partial charge on any atom is -0.456 e. The first kappa shape index (κ1) is 31.9. The van der Waals surface area contributed by atoms with Gasteiger partial charge >= 0.3 is 0 Å². The lowest BCUT2D eigenvalue weighted by Gasteiger charge is -2.22. The molecule has 13 aromatic rings. The van der Waals surface area contributed by atoms with Gasteiger partial charge in [0.2, 0.25) is 11.8 Å². The van der Waals surface area contributed by atoms with Gasteiger partial charge in [0.05, 0.1) is 17.1 Å². The number of furan rings is 5. The minimum absolute atomic E-state index is 0.620. The van der Waals surface area contributed by atoms with E-state index in [1.807, 2.05) is 108 Å². The Balaban J connectivity index is 0.959. The Morgan fingerprint density at radius 2 is 0.712 bits per heavy atom. The van der Waals surface area contributed by atoms with Gasteiger partial charge in [-0.3, -0.25) is 9.80 Å². The Bertz CT molecular complexity index is 3480. The second kappa shape index (κ2) is 12.1. The van der Waals surface area contributed by atoms with Crippen molar-refractivity contribution < 1.29 is 22.1 Å². The molecule has 0 atom stereocenters. The van der Waals surface area contributed by atoms with Crippen LogP contribution >= 0.6 is 0 Å². The molecule has 0 bridgehead atoms. The van der Waals surface area contributed by atoms with Crippen molar-refractivity contribution >= 4 is 122 Å². The van der Waals surface area contributed by atoms with Gasteiger partial charge in [0.15, 0.2) is 0 Å². The van der Waals surface area contributed by atoms with E-state index >= 15 is 0 Å². The van der Waals surface area contributed by atoms with Crippen LogP contribution in [0, 0.1) is 0 Å². The van der Waals surface area contributed by atoms with Gasteiger partial charge in [0.1, 0.15) is 50.5 Å². The van der Waals surface area contributed by atoms with E-state index in [0.717, 1.165) is 93.7 Å². The first-order chi connectivity index (χ1) is 29.2. The molecule has 8 nitrogen and oxygen atoms in total. The maximum absolute atomic E-state index is 6.72. The molecule has 0 aliphatic heterocycles. The molecule has 0 amide bonds. The molecule has 0 unspecified atom stereocenters. The third-order valence-corrected chi connectivity index (χ3v) is 11.3. The standard InChI is InChI=1S/C51H29N3O5/c1-5-13-41-30(9-1)23-50(58-41)53(32-17-20-37-35-11-3-7-15-43(35)55-45(37)25-32)33-18-22-39-40-29-52-49(28-48(40)57-47(39)26-33)54(51-24-31-10-2-6-14-42(31)59-51)34-19-21-38-36-12-4-8-16-44(36)56-46(38)27-34/h1-29H. The van der Waals surface area contributed by atoms with Crippen molar-refractivity contribution in [2.45, 2.75) is 0 Å². The summed E-state index contributed by atoms with van der Waals surface area (Å²) in [5.74, 6) is 1.92. The Morgan fingerprint density at radius 1 is 0.305 bits per heavy atom. The summed E-state index contributed by atoms with van der Waals surface area (Å²) in [5.41, 5.74) is 8.82. The van der Waals surface area contributed by atoms with Gasteiger partial charge < -0.3 is 22.1 Å². The molecule has 0 N–H and O–H groups in total. The lowest BCUT2D eigenvalue weighted by atomic mass is 10.1. The zero-order chi connectivity index (χ0) is 38.6. The summed E-state index contributed by atoms with van der Waals surface area (Å²) >= 11 is 0. The summed E-state index contributed by atoms with van der Waals surface area (Å²) < 4.78 is 32.4. The van der Waals surface area contributed by atoms with Crippen LogP contribution in [0.3, 0.4) is 0 Å². The van der Waals surface area contributed by atoms with Crippen LogP contribution in [0.2, 0.25) is 0 Å². The van der Waals surface area contributed by atoms with Crippen molar-refractivity contribution in [2.75, 3.05) is 9.80 Å². The zero-order valence-corrected chi connectivity index (χ0v) is 31.1. The second-order valence-corrected chi connectivity index (χ2v) is 14.8. The molecule has 0 aliphatic rings. The summed E-state index contributed by atoms with van der Waals surface area (Å²) in [6.45, 7) is 0. The smallest absolute Gasteiger partial charge is 0.206 e. The van der Waals surface area contributed by atoms with Gasteiger partial charge in [-0.1, -0.05) is 72.8 Å². The highest BCUT2D eigenvalue weighted by Crippen LogP contribution is 2.44. The van der Waals surface area contributed by atoms with Gasteiger partial charge in [0.25, 0.3) is 0 Å². The SMILES string of the molecule is c1ccc2oc(N(c3ccc4c(c3)oc3ccccc34)c3ccc4c(c3)oc3cc(N(c5ccc6c(c5)oc5ccccc56)c5cc6ccccc6o5)ncc34)cc2c1. The predicted octanol–water partition coefficient (Wildman–Crippen LogP) is 15.2. The Hall–Kier alpha value is -8.23. The van der Waals surface area contributed by atoms with Crippen molar-refractivity contribution in [3.05, 3.63) is 176 Å². The van der Waals surface area contributed by atoms with Gasteiger partial charge in [-0.25, -0.2) is 4.98 Å². The highest BCUT2D eigenvalue weighted by atomic mass is 16.4. The lowest BCUT2D eigenvalue weighted by Crippen LogP contribution is -2.10. The van der Waals surface area contributed by atoms with Gasteiger partial charge in [-0.15, -0.1) is 0 Å². The second-order valence-electron chi connectivity index (χ2n) is 14.8. The number of rotatable bonds is 6. The number of pyridine rings is 1. The van der Waals surface area contributed by atoms with E-state index in [2.05, 4.69) is 77.7 Å². The molecule has 0 fully saturated rings. The summed E-state index contributed by atoms with van der Waals surface area (Å²) in [5, 5.41) is 8.08. The highest BCUT2D eigenvalue weighted by Gasteiger charge is 2.24. The van der Waals surface area contributed by atoms with E-state index in [-0.39, 0.29) is 0 Å². The molecule has 0 spiro atoms. The number of nitrogens with zero attached hydrogens (tertiary/aromatic N) is 3. The number of hydrogen-bond donors (Lipinski definition) is 0. The van der Waals surface area contributed by atoms with Crippen LogP contribution < -0.4 is 9.80 Å². The largest absolute Gasteiger partial charge is 0.456 e. The summed E-state index contributed by atoms with van der Waals surface area (Å²) in [6, 6.07) is 57.0. The molecule has 7 aromatic carbocycles. The van der Waals surface area contributed by atoms with E-state index in [1.54, 1.807) is 0 Å². The van der Waals surface area contributed by atoms with Crippen molar-refractivity contribution in [3.8, 4) is 0 Å². The monoisotopic (exact) mass is 763 g/mol. The fourth-order valence-corrected chi connectivity index (χ4v) is 8.55. The number of hydrogen-bond acceptors (Lipinski definition) is 8. The third kappa shape index (κ3) is 4.93. The zero-order valence-electron chi connectivity index (χ0n) is 31.1. The number of fused-ring (bicyclic) bond motifs is 11. The fourth-order valence-electron chi connectivity index (χ4n) is 8.55. The summed E-state index contributed by atoms with van der Waals surface area (Å²) in [6.07, 6.45) is 1.87. The molecule has 8 heteroatoms. The van der Waals surface area contributed by atoms with Crippen LogP contribution in [-0.4, -0.2) is 4.98 Å². The highest BCUT2D eigenvalue weighted by molar-refractivity contribution is 6.09. The predicted molar refractivity (Wildman–Crippen MR) is 235 cm³/mol. The van der Waals surface area contributed by atoms with Crippen molar-refractivity contribution in [1.29, 1.82) is 0 Å². The average molecular weight is 764 g/mol. The molecule has 278 valence electrons. The molecular weight excluding hydrogens is 735 g/mol. The van der Waals surface area contributed by atoms with E-state index in [4.69, 9.17) is 27.1 Å². The Kier molecular flexibility index (Phi) is 6.56. The average Bonchev–Trinajstić information content (AvgIpc) is 4.10. The molecule has 0 saturated heterocycles. The molecule has 0 aliphatic carbocycles. The molecule has 13 rings (SSSR count). The number of para-hydroxylation sites is 4. The van der Waals surface area contributed by atoms with Gasteiger partial charge in [-0.2, -0.15) is 0 Å². The normalized spacial score (nSPS) is 12.1. The van der Waals surface area contributed by atoms with E-state index in [9.17, 15) is 0 Å². The minimum atomic E-state index is 0.620. The Morgan fingerprint density at radius 3 is 1.25 bits per heavy atom. The van der Waals surface area contributed by atoms with Gasteiger partial charge in [0, 0.05) is 85.7 Å². The first-order valence-electron chi connectivity index (χ1n) is 19.4. The van der Waals surface area contributed by atoms with Crippen LogP contribution in [0.1, 0.15) is 0 Å². The molecule has 0 radical (unpaired) electrons. The van der Waals surface area contributed by atoms with Crippen molar-refractivity contribution in [3.63, 3.8) is 0 Å².